The largest absolute Gasteiger partial charge is 0.322 e. The Labute approximate surface area is 135 Å². The number of anilines is 1. The van der Waals surface area contributed by atoms with Crippen LogP contribution >= 0.6 is 0 Å². The van der Waals surface area contributed by atoms with Gasteiger partial charge >= 0.3 is 0 Å². The van der Waals surface area contributed by atoms with Crippen LogP contribution in [0.3, 0.4) is 0 Å². The maximum absolute atomic E-state index is 13.6. The zero-order valence-electron chi connectivity index (χ0n) is 12.7. The maximum atomic E-state index is 13.6. The molecule has 0 bridgehead atoms. The van der Waals surface area contributed by atoms with Gasteiger partial charge in [-0.25, -0.2) is 13.5 Å². The molecule has 0 fully saturated rings. The van der Waals surface area contributed by atoms with E-state index in [4.69, 9.17) is 0 Å². The molecule has 0 aliphatic heterocycles. The van der Waals surface area contributed by atoms with E-state index in [1.165, 1.54) is 13.1 Å². The maximum Gasteiger partial charge on any atom is 0.275 e. The predicted molar refractivity (Wildman–Crippen MR) is 85.7 cm³/mol. The Morgan fingerprint density at radius 2 is 1.96 bits per heavy atom. The summed E-state index contributed by atoms with van der Waals surface area (Å²) in [5.41, 5.74) is -0.726. The summed E-state index contributed by atoms with van der Waals surface area (Å²) in [6, 6.07) is 8.59. The van der Waals surface area contributed by atoms with Crippen molar-refractivity contribution in [3.63, 3.8) is 0 Å². The summed E-state index contributed by atoms with van der Waals surface area (Å²) in [6.07, 6.45) is 1.48. The van der Waals surface area contributed by atoms with Gasteiger partial charge in [0.2, 0.25) is 5.91 Å². The van der Waals surface area contributed by atoms with Crippen molar-refractivity contribution in [1.29, 1.82) is 0 Å². The van der Waals surface area contributed by atoms with E-state index in [0.717, 1.165) is 22.9 Å². The smallest absolute Gasteiger partial charge is 0.275 e. The Morgan fingerprint density at radius 3 is 2.75 bits per heavy atom. The van der Waals surface area contributed by atoms with Crippen molar-refractivity contribution in [3.05, 3.63) is 70.6 Å². The van der Waals surface area contributed by atoms with Gasteiger partial charge in [-0.05, 0) is 25.1 Å². The molecule has 3 rings (SSSR count). The lowest BCUT2D eigenvalue weighted by molar-refractivity contribution is -0.119. The highest BCUT2D eigenvalue weighted by atomic mass is 19.1. The first kappa shape index (κ1) is 15.8. The molecule has 5 nitrogen and oxygen atoms in total. The van der Waals surface area contributed by atoms with E-state index in [0.29, 0.717) is 10.8 Å². The molecule has 1 amide bonds. The zero-order chi connectivity index (χ0) is 17.3. The third kappa shape index (κ3) is 2.88. The fourth-order valence-electron chi connectivity index (χ4n) is 2.32. The summed E-state index contributed by atoms with van der Waals surface area (Å²) in [5.74, 6) is -2.12. The number of carbonyl (C=O) groups excluding carboxylic acids is 1. The summed E-state index contributed by atoms with van der Waals surface area (Å²) >= 11 is 0. The molecule has 0 unspecified atom stereocenters. The topological polar surface area (TPSA) is 64.0 Å². The Morgan fingerprint density at radius 1 is 1.21 bits per heavy atom. The number of benzene rings is 2. The standard InChI is InChI=1S/C17H13F2N3O2/c1-10(16(23)21-15-8-12(18)6-7-14(15)19)22-17(24)13-5-3-2-4-11(13)9-20-22/h2-10H,1H3,(H,21,23)/t10-/m0/s1. The van der Waals surface area contributed by atoms with Crippen LogP contribution in [-0.4, -0.2) is 15.7 Å². The summed E-state index contributed by atoms with van der Waals surface area (Å²) in [4.78, 5) is 24.7. The molecule has 0 saturated heterocycles. The van der Waals surface area contributed by atoms with Crippen molar-refractivity contribution in [1.82, 2.24) is 9.78 Å². The molecule has 0 saturated carbocycles. The molecule has 1 N–H and O–H groups in total. The van der Waals surface area contributed by atoms with Crippen LogP contribution in [0.4, 0.5) is 14.5 Å². The van der Waals surface area contributed by atoms with Crippen molar-refractivity contribution >= 4 is 22.4 Å². The highest BCUT2D eigenvalue weighted by molar-refractivity contribution is 5.93. The van der Waals surface area contributed by atoms with Crippen molar-refractivity contribution in [2.24, 2.45) is 0 Å². The minimum absolute atomic E-state index is 0.291. The van der Waals surface area contributed by atoms with Crippen molar-refractivity contribution in [3.8, 4) is 0 Å². The number of hydrogen-bond donors (Lipinski definition) is 1. The normalized spacial score (nSPS) is 12.1. The van der Waals surface area contributed by atoms with Crippen molar-refractivity contribution in [2.45, 2.75) is 13.0 Å². The van der Waals surface area contributed by atoms with Gasteiger partial charge in [0.1, 0.15) is 17.7 Å². The third-order valence-corrected chi connectivity index (χ3v) is 3.65. The molecule has 3 aromatic rings. The summed E-state index contributed by atoms with van der Waals surface area (Å²) in [6.45, 7) is 1.45. The highest BCUT2D eigenvalue weighted by Crippen LogP contribution is 2.17. The van der Waals surface area contributed by atoms with E-state index in [-0.39, 0.29) is 5.69 Å². The molecule has 0 radical (unpaired) electrons. The summed E-state index contributed by atoms with van der Waals surface area (Å²) < 4.78 is 27.8. The van der Waals surface area contributed by atoms with Crippen LogP contribution in [-0.2, 0) is 4.79 Å². The average Bonchev–Trinajstić information content (AvgIpc) is 2.58. The first-order valence-electron chi connectivity index (χ1n) is 7.20. The molecule has 1 atom stereocenters. The van der Waals surface area contributed by atoms with Gasteiger partial charge in [0, 0.05) is 11.5 Å². The molecule has 0 aliphatic carbocycles. The lowest BCUT2D eigenvalue weighted by Gasteiger charge is -2.15. The minimum atomic E-state index is -0.996. The van der Waals surface area contributed by atoms with Crippen LogP contribution in [0.25, 0.3) is 10.8 Å². The van der Waals surface area contributed by atoms with Crippen LogP contribution in [0.5, 0.6) is 0 Å². The second-order valence-electron chi connectivity index (χ2n) is 5.27. The van der Waals surface area contributed by atoms with Crippen LogP contribution in [0, 0.1) is 11.6 Å². The number of nitrogens with one attached hydrogen (secondary N) is 1. The highest BCUT2D eigenvalue weighted by Gasteiger charge is 2.20. The van der Waals surface area contributed by atoms with Crippen molar-refractivity contribution < 1.29 is 13.6 Å². The van der Waals surface area contributed by atoms with Gasteiger partial charge < -0.3 is 5.32 Å². The number of fused-ring (bicyclic) bond motifs is 1. The first-order chi connectivity index (χ1) is 11.5. The van der Waals surface area contributed by atoms with E-state index >= 15 is 0 Å². The van der Waals surface area contributed by atoms with Crippen LogP contribution in [0.2, 0.25) is 0 Å². The van der Waals surface area contributed by atoms with Gasteiger partial charge in [0.15, 0.2) is 0 Å². The summed E-state index contributed by atoms with van der Waals surface area (Å²) in [5, 5.41) is 7.33. The molecular formula is C17H13F2N3O2. The monoisotopic (exact) mass is 329 g/mol. The molecule has 0 aliphatic rings. The number of hydrogen-bond acceptors (Lipinski definition) is 3. The number of rotatable bonds is 3. The van der Waals surface area contributed by atoms with E-state index < -0.39 is 29.1 Å². The van der Waals surface area contributed by atoms with E-state index in [1.54, 1.807) is 24.3 Å². The van der Waals surface area contributed by atoms with Gasteiger partial charge in [0.25, 0.3) is 5.56 Å². The molecule has 1 aromatic heterocycles. The van der Waals surface area contributed by atoms with Crippen molar-refractivity contribution in [2.75, 3.05) is 5.32 Å². The first-order valence-corrected chi connectivity index (χ1v) is 7.20. The quantitative estimate of drug-likeness (QED) is 0.803. The Hall–Kier alpha value is -3.09. The van der Waals surface area contributed by atoms with Gasteiger partial charge in [0.05, 0.1) is 17.3 Å². The second kappa shape index (κ2) is 6.19. The van der Waals surface area contributed by atoms with E-state index in [2.05, 4.69) is 10.4 Å². The number of aromatic nitrogens is 2. The fraction of sp³-hybridized carbons (Fsp3) is 0.118. The molecule has 7 heteroatoms. The Balaban J connectivity index is 1.92. The number of nitrogens with zero attached hydrogens (tertiary/aromatic N) is 2. The van der Waals surface area contributed by atoms with E-state index in [1.807, 2.05) is 0 Å². The molecule has 2 aromatic carbocycles. The Bertz CT molecular complexity index is 985. The number of halogens is 2. The summed E-state index contributed by atoms with van der Waals surface area (Å²) in [7, 11) is 0. The molecule has 1 heterocycles. The Kier molecular flexibility index (Phi) is 4.07. The van der Waals surface area contributed by atoms with Crippen LogP contribution in [0.1, 0.15) is 13.0 Å². The second-order valence-corrected chi connectivity index (χ2v) is 5.27. The molecule has 0 spiro atoms. The zero-order valence-corrected chi connectivity index (χ0v) is 12.7. The van der Waals surface area contributed by atoms with Gasteiger partial charge in [-0.3, -0.25) is 9.59 Å². The molecule has 24 heavy (non-hydrogen) atoms. The lowest BCUT2D eigenvalue weighted by Crippen LogP contribution is -2.33. The fourth-order valence-corrected chi connectivity index (χ4v) is 2.32. The third-order valence-electron chi connectivity index (χ3n) is 3.65. The predicted octanol–water partition coefficient (Wildman–Crippen LogP) is 2.87. The van der Waals surface area contributed by atoms with Crippen LogP contribution < -0.4 is 10.9 Å². The SMILES string of the molecule is C[C@@H](C(=O)Nc1cc(F)ccc1F)n1ncc2ccccc2c1=O. The number of amides is 1. The lowest BCUT2D eigenvalue weighted by atomic mass is 10.2. The van der Waals surface area contributed by atoms with E-state index in [9.17, 15) is 18.4 Å². The van der Waals surface area contributed by atoms with Gasteiger partial charge in [-0.1, -0.05) is 18.2 Å². The molecular weight excluding hydrogens is 316 g/mol. The average molecular weight is 329 g/mol. The van der Waals surface area contributed by atoms with Gasteiger partial charge in [-0.15, -0.1) is 0 Å². The van der Waals surface area contributed by atoms with Gasteiger partial charge in [-0.2, -0.15) is 5.10 Å². The van der Waals surface area contributed by atoms with Crippen LogP contribution in [0.15, 0.2) is 53.5 Å². The number of carbonyl (C=O) groups is 1. The minimum Gasteiger partial charge on any atom is -0.322 e. The molecule has 122 valence electrons.